The van der Waals surface area contributed by atoms with E-state index in [9.17, 15) is 0 Å². The van der Waals surface area contributed by atoms with Gasteiger partial charge in [0.25, 0.3) is 5.95 Å². The maximum absolute atomic E-state index is 5.48. The Kier molecular flexibility index (Phi) is 1.99. The normalized spacial score (nSPS) is 35.2. The quantitative estimate of drug-likeness (QED) is 0.552. The second-order valence-corrected chi connectivity index (χ2v) is 3.82. The first-order valence-electron chi connectivity index (χ1n) is 4.78. The second-order valence-electron chi connectivity index (χ2n) is 3.82. The minimum atomic E-state index is 0.657. The van der Waals surface area contributed by atoms with Gasteiger partial charge in [-0.2, -0.15) is 0 Å². The van der Waals surface area contributed by atoms with E-state index < -0.39 is 0 Å². The summed E-state index contributed by atoms with van der Waals surface area (Å²) in [5, 5.41) is 0. The second kappa shape index (κ2) is 3.00. The third-order valence-electron chi connectivity index (χ3n) is 2.87. The van der Waals surface area contributed by atoms with Crippen LogP contribution < -0.4 is 0 Å². The number of hydrogen-bond acceptors (Lipinski definition) is 2. The highest BCUT2D eigenvalue weighted by Gasteiger charge is 2.29. The van der Waals surface area contributed by atoms with Crippen LogP contribution in [0, 0.1) is 11.8 Å². The molecule has 2 atom stereocenters. The van der Waals surface area contributed by atoms with Gasteiger partial charge in [-0.15, -0.1) is 0 Å². The molecule has 0 amide bonds. The van der Waals surface area contributed by atoms with Crippen molar-refractivity contribution in [3.05, 3.63) is 11.5 Å². The zero-order valence-corrected chi connectivity index (χ0v) is 7.80. The van der Waals surface area contributed by atoms with Crippen LogP contribution in [-0.2, 0) is 9.47 Å². The predicted molar refractivity (Wildman–Crippen MR) is 46.5 cm³/mol. The molecule has 2 aliphatic heterocycles. The summed E-state index contributed by atoms with van der Waals surface area (Å²) >= 11 is 0. The van der Waals surface area contributed by atoms with Crippen LogP contribution in [0.4, 0.5) is 0 Å². The molecular weight excluding hydrogens is 152 g/mol. The van der Waals surface area contributed by atoms with E-state index in [1.54, 1.807) is 0 Å². The summed E-state index contributed by atoms with van der Waals surface area (Å²) in [6.45, 7) is 6.19. The molecule has 0 aliphatic carbocycles. The lowest BCUT2D eigenvalue weighted by molar-refractivity contribution is -0.0105. The smallest absolute Gasteiger partial charge is 0.278 e. The highest BCUT2D eigenvalue weighted by molar-refractivity contribution is 5.14. The number of ether oxygens (including phenoxy) is 2. The average molecular weight is 168 g/mol. The SMILES string of the molecule is CC1CCOC2=C1C(C)CCO2. The van der Waals surface area contributed by atoms with Crippen molar-refractivity contribution in [2.75, 3.05) is 13.2 Å². The summed E-state index contributed by atoms with van der Waals surface area (Å²) in [5.74, 6) is 2.15. The zero-order valence-electron chi connectivity index (χ0n) is 7.80. The first-order chi connectivity index (χ1) is 5.79. The van der Waals surface area contributed by atoms with Crippen molar-refractivity contribution in [2.24, 2.45) is 11.8 Å². The van der Waals surface area contributed by atoms with E-state index in [-0.39, 0.29) is 0 Å². The molecule has 68 valence electrons. The molecule has 2 unspecified atom stereocenters. The van der Waals surface area contributed by atoms with E-state index in [1.807, 2.05) is 0 Å². The molecule has 0 saturated carbocycles. The lowest BCUT2D eigenvalue weighted by atomic mass is 9.85. The van der Waals surface area contributed by atoms with Gasteiger partial charge in [-0.1, -0.05) is 13.8 Å². The molecule has 0 aromatic heterocycles. The maximum Gasteiger partial charge on any atom is 0.278 e. The fourth-order valence-corrected chi connectivity index (χ4v) is 2.06. The van der Waals surface area contributed by atoms with Gasteiger partial charge in [-0.25, -0.2) is 0 Å². The molecule has 0 N–H and O–H groups in total. The third-order valence-corrected chi connectivity index (χ3v) is 2.87. The van der Waals surface area contributed by atoms with Crippen LogP contribution >= 0.6 is 0 Å². The molecule has 0 bridgehead atoms. The first-order valence-corrected chi connectivity index (χ1v) is 4.78. The van der Waals surface area contributed by atoms with E-state index in [4.69, 9.17) is 9.47 Å². The largest absolute Gasteiger partial charge is 0.465 e. The summed E-state index contributed by atoms with van der Waals surface area (Å²) < 4.78 is 11.0. The minimum absolute atomic E-state index is 0.657. The molecule has 2 rings (SSSR count). The molecular formula is C10H16O2. The van der Waals surface area contributed by atoms with E-state index >= 15 is 0 Å². The maximum atomic E-state index is 5.48. The highest BCUT2D eigenvalue weighted by Crippen LogP contribution is 2.35. The molecule has 12 heavy (non-hydrogen) atoms. The van der Waals surface area contributed by atoms with Crippen LogP contribution in [0.1, 0.15) is 26.7 Å². The van der Waals surface area contributed by atoms with Crippen LogP contribution in [0.25, 0.3) is 0 Å². The van der Waals surface area contributed by atoms with Crippen molar-refractivity contribution < 1.29 is 9.47 Å². The Morgan fingerprint density at radius 1 is 1.00 bits per heavy atom. The molecule has 0 aromatic carbocycles. The molecule has 0 saturated heterocycles. The molecule has 0 spiro atoms. The van der Waals surface area contributed by atoms with Gasteiger partial charge in [0.05, 0.1) is 13.2 Å². The Hall–Kier alpha value is -0.660. The van der Waals surface area contributed by atoms with E-state index in [0.717, 1.165) is 32.0 Å². The lowest BCUT2D eigenvalue weighted by Gasteiger charge is -2.33. The van der Waals surface area contributed by atoms with Gasteiger partial charge < -0.3 is 9.47 Å². The van der Waals surface area contributed by atoms with Crippen molar-refractivity contribution in [3.8, 4) is 0 Å². The van der Waals surface area contributed by atoms with Crippen molar-refractivity contribution in [1.29, 1.82) is 0 Å². The Bertz CT molecular complexity index is 188. The summed E-state index contributed by atoms with van der Waals surface area (Å²) in [5.41, 5.74) is 1.41. The van der Waals surface area contributed by atoms with Gasteiger partial charge >= 0.3 is 0 Å². The van der Waals surface area contributed by atoms with Gasteiger partial charge in [0.1, 0.15) is 0 Å². The zero-order chi connectivity index (χ0) is 8.55. The van der Waals surface area contributed by atoms with E-state index in [0.29, 0.717) is 11.8 Å². The molecule has 0 radical (unpaired) electrons. The Morgan fingerprint density at radius 2 is 1.50 bits per heavy atom. The third kappa shape index (κ3) is 1.19. The summed E-state index contributed by atoms with van der Waals surface area (Å²) in [7, 11) is 0. The van der Waals surface area contributed by atoms with Crippen molar-refractivity contribution >= 4 is 0 Å². The number of hydrogen-bond donors (Lipinski definition) is 0. The Labute approximate surface area is 73.5 Å². The molecule has 0 fully saturated rings. The van der Waals surface area contributed by atoms with Gasteiger partial charge in [0, 0.05) is 5.57 Å². The van der Waals surface area contributed by atoms with Gasteiger partial charge in [-0.3, -0.25) is 0 Å². The fourth-order valence-electron chi connectivity index (χ4n) is 2.06. The van der Waals surface area contributed by atoms with E-state index in [2.05, 4.69) is 13.8 Å². The molecule has 2 heteroatoms. The molecule has 2 heterocycles. The van der Waals surface area contributed by atoms with Gasteiger partial charge in [0.15, 0.2) is 0 Å². The topological polar surface area (TPSA) is 18.5 Å². The van der Waals surface area contributed by atoms with Crippen molar-refractivity contribution in [2.45, 2.75) is 26.7 Å². The van der Waals surface area contributed by atoms with Crippen molar-refractivity contribution in [3.63, 3.8) is 0 Å². The van der Waals surface area contributed by atoms with Crippen LogP contribution in [0.2, 0.25) is 0 Å². The predicted octanol–water partition coefficient (Wildman–Crippen LogP) is 2.31. The van der Waals surface area contributed by atoms with Crippen LogP contribution in [-0.4, -0.2) is 13.2 Å². The summed E-state index contributed by atoms with van der Waals surface area (Å²) in [6, 6.07) is 0. The van der Waals surface area contributed by atoms with Crippen molar-refractivity contribution in [1.82, 2.24) is 0 Å². The molecule has 2 nitrogen and oxygen atoms in total. The van der Waals surface area contributed by atoms with Crippen LogP contribution in [0.15, 0.2) is 11.5 Å². The first kappa shape index (κ1) is 7.96. The monoisotopic (exact) mass is 168 g/mol. The number of allylic oxidation sites excluding steroid dienone is 1. The summed E-state index contributed by atoms with van der Waals surface area (Å²) in [6.07, 6.45) is 2.29. The van der Waals surface area contributed by atoms with Crippen LogP contribution in [0.3, 0.4) is 0 Å². The minimum Gasteiger partial charge on any atom is -0.465 e. The molecule has 2 aliphatic rings. The Balaban J connectivity index is 2.27. The standard InChI is InChI=1S/C10H16O2/c1-7-3-5-11-10-9(7)8(2)4-6-12-10/h7-8H,3-6H2,1-2H3. The fraction of sp³-hybridized carbons (Fsp3) is 0.800. The lowest BCUT2D eigenvalue weighted by Crippen LogP contribution is -2.25. The number of rotatable bonds is 0. The molecule has 0 aromatic rings. The summed E-state index contributed by atoms with van der Waals surface area (Å²) in [4.78, 5) is 0. The van der Waals surface area contributed by atoms with E-state index in [1.165, 1.54) is 5.57 Å². The van der Waals surface area contributed by atoms with Gasteiger partial charge in [0.2, 0.25) is 0 Å². The Morgan fingerprint density at radius 3 is 1.92 bits per heavy atom. The van der Waals surface area contributed by atoms with Gasteiger partial charge in [-0.05, 0) is 24.7 Å². The average Bonchev–Trinajstić information content (AvgIpc) is 2.04. The highest BCUT2D eigenvalue weighted by atomic mass is 16.7. The van der Waals surface area contributed by atoms with Crippen LogP contribution in [0.5, 0.6) is 0 Å².